The van der Waals surface area contributed by atoms with Gasteiger partial charge in [-0.25, -0.2) is 9.97 Å². The fourth-order valence-corrected chi connectivity index (χ4v) is 3.18. The quantitative estimate of drug-likeness (QED) is 0.843. The number of carbonyl (C=O) groups excluding carboxylic acids is 1. The summed E-state index contributed by atoms with van der Waals surface area (Å²) < 4.78 is 0. The van der Waals surface area contributed by atoms with Gasteiger partial charge in [-0.2, -0.15) is 0 Å². The van der Waals surface area contributed by atoms with Crippen LogP contribution in [0.15, 0.2) is 30.3 Å². The van der Waals surface area contributed by atoms with E-state index in [1.807, 2.05) is 31.2 Å². The third-order valence-corrected chi connectivity index (χ3v) is 4.64. The molecule has 25 heavy (non-hydrogen) atoms. The Bertz CT molecular complexity index is 727. The van der Waals surface area contributed by atoms with Gasteiger partial charge in [0, 0.05) is 23.3 Å². The van der Waals surface area contributed by atoms with Crippen LogP contribution < -0.4 is 10.6 Å². The van der Waals surface area contributed by atoms with Crippen molar-refractivity contribution >= 4 is 23.5 Å². The lowest BCUT2D eigenvalue weighted by Gasteiger charge is -2.22. The zero-order valence-electron chi connectivity index (χ0n) is 14.4. The van der Waals surface area contributed by atoms with E-state index < -0.39 is 0 Å². The minimum Gasteiger partial charge on any atom is -0.350 e. The predicted octanol–water partition coefficient (Wildman–Crippen LogP) is 4.11. The molecule has 1 aliphatic carbocycles. The van der Waals surface area contributed by atoms with Gasteiger partial charge >= 0.3 is 0 Å². The molecule has 3 rings (SSSR count). The number of nitrogens with zero attached hydrogens (tertiary/aromatic N) is 2. The van der Waals surface area contributed by atoms with E-state index in [1.165, 1.54) is 19.3 Å². The van der Waals surface area contributed by atoms with E-state index in [9.17, 15) is 4.79 Å². The first-order chi connectivity index (χ1) is 12.1. The molecule has 1 fully saturated rings. The van der Waals surface area contributed by atoms with Crippen molar-refractivity contribution in [2.75, 3.05) is 5.32 Å². The maximum Gasteiger partial charge on any atom is 0.270 e. The molecule has 1 heterocycles. The minimum absolute atomic E-state index is 0.119. The summed E-state index contributed by atoms with van der Waals surface area (Å²) >= 11 is 5.90. The fraction of sp³-hybridized carbons (Fsp3) is 0.421. The lowest BCUT2D eigenvalue weighted by Crippen LogP contribution is -2.36. The molecule has 0 bridgehead atoms. The van der Waals surface area contributed by atoms with Gasteiger partial charge in [-0.1, -0.05) is 43.0 Å². The molecule has 0 radical (unpaired) electrons. The molecule has 1 aromatic carbocycles. The third kappa shape index (κ3) is 5.16. The van der Waals surface area contributed by atoms with Crippen molar-refractivity contribution in [3.05, 3.63) is 52.3 Å². The van der Waals surface area contributed by atoms with E-state index >= 15 is 0 Å². The maximum absolute atomic E-state index is 12.5. The SMILES string of the molecule is Cc1cc(C(=O)NC2CCCCC2)nc(NCc2ccc(Cl)cc2)n1. The summed E-state index contributed by atoms with van der Waals surface area (Å²) in [4.78, 5) is 21.2. The second-order valence-electron chi connectivity index (χ2n) is 6.51. The number of carbonyl (C=O) groups is 1. The van der Waals surface area contributed by atoms with Crippen LogP contribution in [0.1, 0.15) is 53.8 Å². The Labute approximate surface area is 153 Å². The van der Waals surface area contributed by atoms with Crippen molar-refractivity contribution in [3.8, 4) is 0 Å². The van der Waals surface area contributed by atoms with Crippen molar-refractivity contribution in [2.45, 2.75) is 51.6 Å². The maximum atomic E-state index is 12.5. The Balaban J connectivity index is 1.64. The fourth-order valence-electron chi connectivity index (χ4n) is 3.05. The van der Waals surface area contributed by atoms with E-state index in [-0.39, 0.29) is 11.9 Å². The molecule has 1 aromatic heterocycles. The van der Waals surface area contributed by atoms with Gasteiger partial charge in [0.1, 0.15) is 5.69 Å². The van der Waals surface area contributed by atoms with Crippen molar-refractivity contribution in [2.24, 2.45) is 0 Å². The van der Waals surface area contributed by atoms with Crippen LogP contribution in [0, 0.1) is 6.92 Å². The first-order valence-electron chi connectivity index (χ1n) is 8.75. The van der Waals surface area contributed by atoms with E-state index in [0.29, 0.717) is 23.2 Å². The lowest BCUT2D eigenvalue weighted by atomic mass is 9.95. The highest BCUT2D eigenvalue weighted by Gasteiger charge is 2.18. The van der Waals surface area contributed by atoms with Crippen LogP contribution in [0.25, 0.3) is 0 Å². The van der Waals surface area contributed by atoms with Gasteiger partial charge < -0.3 is 10.6 Å². The van der Waals surface area contributed by atoms with Crippen LogP contribution >= 0.6 is 11.6 Å². The Kier molecular flexibility index (Phi) is 5.87. The molecule has 0 aliphatic heterocycles. The minimum atomic E-state index is -0.119. The molecule has 1 aliphatic rings. The number of benzene rings is 1. The Morgan fingerprint density at radius 3 is 2.60 bits per heavy atom. The van der Waals surface area contributed by atoms with Gasteiger partial charge in [0.05, 0.1) is 0 Å². The molecule has 132 valence electrons. The summed E-state index contributed by atoms with van der Waals surface area (Å²) in [5.74, 6) is 0.343. The van der Waals surface area contributed by atoms with Gasteiger partial charge in [0.25, 0.3) is 5.91 Å². The zero-order chi connectivity index (χ0) is 17.6. The van der Waals surface area contributed by atoms with Crippen molar-refractivity contribution in [3.63, 3.8) is 0 Å². The van der Waals surface area contributed by atoms with Crippen LogP contribution in [0.4, 0.5) is 5.95 Å². The number of aryl methyl sites for hydroxylation is 1. The number of nitrogens with one attached hydrogen (secondary N) is 2. The highest BCUT2D eigenvalue weighted by atomic mass is 35.5. The number of anilines is 1. The highest BCUT2D eigenvalue weighted by Crippen LogP contribution is 2.18. The predicted molar refractivity (Wildman–Crippen MR) is 99.9 cm³/mol. The largest absolute Gasteiger partial charge is 0.350 e. The summed E-state index contributed by atoms with van der Waals surface area (Å²) in [5, 5.41) is 6.98. The number of rotatable bonds is 5. The van der Waals surface area contributed by atoms with Crippen molar-refractivity contribution in [1.82, 2.24) is 15.3 Å². The Morgan fingerprint density at radius 2 is 1.88 bits per heavy atom. The molecule has 6 heteroatoms. The number of hydrogen-bond donors (Lipinski definition) is 2. The molecule has 0 unspecified atom stereocenters. The van der Waals surface area contributed by atoms with E-state index in [2.05, 4.69) is 20.6 Å². The van der Waals surface area contributed by atoms with Gasteiger partial charge in [-0.15, -0.1) is 0 Å². The molecular formula is C19H23ClN4O. The average Bonchev–Trinajstić information content (AvgIpc) is 2.61. The van der Waals surface area contributed by atoms with Crippen molar-refractivity contribution < 1.29 is 4.79 Å². The standard InChI is InChI=1S/C19H23ClN4O/c1-13-11-17(18(25)23-16-5-3-2-4-6-16)24-19(22-13)21-12-14-7-9-15(20)10-8-14/h7-11,16H,2-6,12H2,1H3,(H,23,25)(H,21,22,24). The molecule has 1 amide bonds. The summed E-state index contributed by atoms with van der Waals surface area (Å²) in [7, 11) is 0. The Hall–Kier alpha value is -2.14. The normalized spacial score (nSPS) is 15.0. The highest BCUT2D eigenvalue weighted by molar-refractivity contribution is 6.30. The lowest BCUT2D eigenvalue weighted by molar-refractivity contribution is 0.0922. The summed E-state index contributed by atoms with van der Waals surface area (Å²) in [5.41, 5.74) is 2.25. The number of hydrogen-bond acceptors (Lipinski definition) is 4. The zero-order valence-corrected chi connectivity index (χ0v) is 15.1. The summed E-state index contributed by atoms with van der Waals surface area (Å²) in [6, 6.07) is 9.58. The van der Waals surface area contributed by atoms with Crippen LogP contribution in [-0.2, 0) is 6.54 Å². The second kappa shape index (κ2) is 8.30. The summed E-state index contributed by atoms with van der Waals surface area (Å²) in [6.45, 7) is 2.44. The average molecular weight is 359 g/mol. The smallest absolute Gasteiger partial charge is 0.270 e. The van der Waals surface area contributed by atoms with Gasteiger partial charge in [-0.3, -0.25) is 4.79 Å². The number of amides is 1. The molecular weight excluding hydrogens is 336 g/mol. The first kappa shape index (κ1) is 17.7. The van der Waals surface area contributed by atoms with E-state index in [0.717, 1.165) is 24.1 Å². The monoisotopic (exact) mass is 358 g/mol. The van der Waals surface area contributed by atoms with Gasteiger partial charge in [0.2, 0.25) is 5.95 Å². The van der Waals surface area contributed by atoms with Crippen molar-refractivity contribution in [1.29, 1.82) is 0 Å². The molecule has 0 saturated heterocycles. The van der Waals surface area contributed by atoms with Crippen LogP contribution in [0.5, 0.6) is 0 Å². The topological polar surface area (TPSA) is 66.9 Å². The molecule has 5 nitrogen and oxygen atoms in total. The second-order valence-corrected chi connectivity index (χ2v) is 6.94. The van der Waals surface area contributed by atoms with Gasteiger partial charge in [-0.05, 0) is 43.5 Å². The van der Waals surface area contributed by atoms with E-state index in [4.69, 9.17) is 11.6 Å². The first-order valence-corrected chi connectivity index (χ1v) is 9.13. The van der Waals surface area contributed by atoms with Crippen LogP contribution in [-0.4, -0.2) is 21.9 Å². The molecule has 2 aromatic rings. The molecule has 0 spiro atoms. The van der Waals surface area contributed by atoms with Gasteiger partial charge in [0.15, 0.2) is 0 Å². The molecule has 2 N–H and O–H groups in total. The molecule has 0 atom stereocenters. The van der Waals surface area contributed by atoms with E-state index in [1.54, 1.807) is 6.07 Å². The summed E-state index contributed by atoms with van der Waals surface area (Å²) in [6.07, 6.45) is 5.73. The van der Waals surface area contributed by atoms with Crippen LogP contribution in [0.2, 0.25) is 5.02 Å². The Morgan fingerprint density at radius 1 is 1.16 bits per heavy atom. The van der Waals surface area contributed by atoms with Crippen LogP contribution in [0.3, 0.4) is 0 Å². The number of aromatic nitrogens is 2. The third-order valence-electron chi connectivity index (χ3n) is 4.39. The number of halogens is 1. The molecule has 1 saturated carbocycles.